The minimum Gasteiger partial charge on any atom is -0.377 e. The van der Waals surface area contributed by atoms with Crippen molar-refractivity contribution in [3.8, 4) is 0 Å². The van der Waals surface area contributed by atoms with Gasteiger partial charge in [0.2, 0.25) is 0 Å². The van der Waals surface area contributed by atoms with E-state index < -0.39 is 0 Å². The van der Waals surface area contributed by atoms with E-state index in [-0.39, 0.29) is 0 Å². The number of nitrogens with one attached hydrogen (secondary N) is 1. The first-order chi connectivity index (χ1) is 7.17. The Morgan fingerprint density at radius 2 is 2.20 bits per heavy atom. The SMILES string of the molecule is C/N=C(\C=C/N(C)[C@H]1CC[C@@H](C)C1)NC. The Labute approximate surface area is 93.3 Å². The van der Waals surface area contributed by atoms with E-state index in [0.29, 0.717) is 6.04 Å². The molecule has 86 valence electrons. The van der Waals surface area contributed by atoms with Crippen LogP contribution in [0.2, 0.25) is 0 Å². The molecule has 0 spiro atoms. The van der Waals surface area contributed by atoms with Crippen molar-refractivity contribution in [1.82, 2.24) is 10.2 Å². The van der Waals surface area contributed by atoms with Crippen LogP contribution in [0.5, 0.6) is 0 Å². The van der Waals surface area contributed by atoms with Gasteiger partial charge >= 0.3 is 0 Å². The molecule has 0 radical (unpaired) electrons. The van der Waals surface area contributed by atoms with Crippen LogP contribution in [0.25, 0.3) is 0 Å². The highest BCUT2D eigenvalue weighted by Crippen LogP contribution is 2.28. The molecule has 0 aromatic carbocycles. The summed E-state index contributed by atoms with van der Waals surface area (Å²) in [5.41, 5.74) is 0. The molecule has 2 atom stereocenters. The van der Waals surface area contributed by atoms with Crippen LogP contribution >= 0.6 is 0 Å². The fourth-order valence-corrected chi connectivity index (χ4v) is 2.13. The van der Waals surface area contributed by atoms with Crippen LogP contribution in [0, 0.1) is 5.92 Å². The standard InChI is InChI=1S/C12H23N3/c1-10-5-6-11(9-10)15(4)8-7-12(13-2)14-3/h7-8,10-11H,5-6,9H2,1-4H3,(H,13,14)/b8-7-/t10-,11+/m1/s1. The summed E-state index contributed by atoms with van der Waals surface area (Å²) in [6.45, 7) is 2.34. The first kappa shape index (κ1) is 12.1. The molecule has 1 saturated carbocycles. The van der Waals surface area contributed by atoms with Crippen molar-refractivity contribution >= 4 is 5.84 Å². The van der Waals surface area contributed by atoms with Crippen molar-refractivity contribution in [2.75, 3.05) is 21.1 Å². The molecule has 0 unspecified atom stereocenters. The van der Waals surface area contributed by atoms with Crippen molar-refractivity contribution in [1.29, 1.82) is 0 Å². The maximum Gasteiger partial charge on any atom is 0.121 e. The molecule has 15 heavy (non-hydrogen) atoms. The third-order valence-electron chi connectivity index (χ3n) is 3.21. The molecular weight excluding hydrogens is 186 g/mol. The maximum absolute atomic E-state index is 4.11. The zero-order chi connectivity index (χ0) is 11.3. The van der Waals surface area contributed by atoms with Gasteiger partial charge in [0.05, 0.1) is 0 Å². The number of nitrogens with zero attached hydrogens (tertiary/aromatic N) is 2. The molecule has 0 saturated heterocycles. The quantitative estimate of drug-likeness (QED) is 0.567. The average molecular weight is 209 g/mol. The van der Waals surface area contributed by atoms with E-state index in [4.69, 9.17) is 0 Å². The van der Waals surface area contributed by atoms with Crippen LogP contribution in [-0.2, 0) is 0 Å². The van der Waals surface area contributed by atoms with Crippen molar-refractivity contribution < 1.29 is 0 Å². The Kier molecular flexibility index (Phi) is 4.66. The zero-order valence-electron chi connectivity index (χ0n) is 10.3. The van der Waals surface area contributed by atoms with Crippen LogP contribution in [-0.4, -0.2) is 37.9 Å². The van der Waals surface area contributed by atoms with Gasteiger partial charge in [-0.15, -0.1) is 0 Å². The average Bonchev–Trinajstić information content (AvgIpc) is 2.66. The second kappa shape index (κ2) is 5.79. The Morgan fingerprint density at radius 3 is 2.67 bits per heavy atom. The third kappa shape index (κ3) is 3.57. The Balaban J connectivity index is 2.44. The summed E-state index contributed by atoms with van der Waals surface area (Å²) < 4.78 is 0. The lowest BCUT2D eigenvalue weighted by molar-refractivity contribution is 0.328. The molecule has 0 bridgehead atoms. The van der Waals surface area contributed by atoms with E-state index in [1.54, 1.807) is 7.05 Å². The molecule has 0 heterocycles. The number of rotatable bonds is 3. The Hall–Kier alpha value is -0.990. The Bertz CT molecular complexity index is 245. The lowest BCUT2D eigenvalue weighted by Gasteiger charge is -2.22. The van der Waals surface area contributed by atoms with Crippen molar-refractivity contribution in [2.24, 2.45) is 10.9 Å². The van der Waals surface area contributed by atoms with Gasteiger partial charge in [-0.2, -0.15) is 0 Å². The number of hydrogen-bond donors (Lipinski definition) is 1. The van der Waals surface area contributed by atoms with E-state index in [1.165, 1.54) is 19.3 Å². The molecule has 1 N–H and O–H groups in total. The molecule has 3 heteroatoms. The van der Waals surface area contributed by atoms with E-state index >= 15 is 0 Å². The van der Waals surface area contributed by atoms with Gasteiger partial charge in [0.1, 0.15) is 5.84 Å². The summed E-state index contributed by atoms with van der Waals surface area (Å²) in [5.74, 6) is 1.81. The molecule has 1 fully saturated rings. The van der Waals surface area contributed by atoms with Gasteiger partial charge in [-0.25, -0.2) is 0 Å². The number of amidine groups is 1. The van der Waals surface area contributed by atoms with Crippen molar-refractivity contribution in [3.05, 3.63) is 12.3 Å². The van der Waals surface area contributed by atoms with Crippen LogP contribution in [0.4, 0.5) is 0 Å². The van der Waals surface area contributed by atoms with E-state index in [9.17, 15) is 0 Å². The molecule has 3 nitrogen and oxygen atoms in total. The van der Waals surface area contributed by atoms with E-state index in [1.807, 2.05) is 13.1 Å². The minimum absolute atomic E-state index is 0.714. The normalized spacial score (nSPS) is 27.3. The van der Waals surface area contributed by atoms with Gasteiger partial charge in [-0.1, -0.05) is 6.92 Å². The third-order valence-corrected chi connectivity index (χ3v) is 3.21. The molecule has 0 aromatic heterocycles. The maximum atomic E-state index is 4.11. The molecule has 1 rings (SSSR count). The summed E-state index contributed by atoms with van der Waals surface area (Å²) in [4.78, 5) is 6.42. The van der Waals surface area contributed by atoms with Crippen LogP contribution < -0.4 is 5.32 Å². The predicted octanol–water partition coefficient (Wildman–Crippen LogP) is 1.87. The van der Waals surface area contributed by atoms with Gasteiger partial charge in [-0.3, -0.25) is 4.99 Å². The summed E-state index contributed by atoms with van der Waals surface area (Å²) >= 11 is 0. The van der Waals surface area contributed by atoms with Gasteiger partial charge in [0.25, 0.3) is 0 Å². The monoisotopic (exact) mass is 209 g/mol. The number of aliphatic imine (C=N–C) groups is 1. The predicted molar refractivity (Wildman–Crippen MR) is 66.1 cm³/mol. The van der Waals surface area contributed by atoms with Crippen LogP contribution in [0.1, 0.15) is 26.2 Å². The fraction of sp³-hybridized carbons (Fsp3) is 0.750. The highest BCUT2D eigenvalue weighted by atomic mass is 15.1. The molecule has 1 aliphatic carbocycles. The highest BCUT2D eigenvalue weighted by Gasteiger charge is 2.22. The molecule has 1 aliphatic rings. The smallest absolute Gasteiger partial charge is 0.121 e. The van der Waals surface area contributed by atoms with Crippen molar-refractivity contribution in [3.63, 3.8) is 0 Å². The number of hydrogen-bond acceptors (Lipinski definition) is 2. The topological polar surface area (TPSA) is 27.6 Å². The summed E-state index contributed by atoms with van der Waals surface area (Å²) in [5, 5.41) is 3.04. The van der Waals surface area contributed by atoms with E-state index in [0.717, 1.165) is 11.8 Å². The van der Waals surface area contributed by atoms with Gasteiger partial charge in [-0.05, 0) is 31.3 Å². The van der Waals surface area contributed by atoms with Gasteiger partial charge < -0.3 is 10.2 Å². The largest absolute Gasteiger partial charge is 0.377 e. The summed E-state index contributed by atoms with van der Waals surface area (Å²) in [6, 6.07) is 0.714. The lowest BCUT2D eigenvalue weighted by atomic mass is 10.1. The van der Waals surface area contributed by atoms with Crippen LogP contribution in [0.3, 0.4) is 0 Å². The summed E-state index contributed by atoms with van der Waals surface area (Å²) in [7, 11) is 5.85. The van der Waals surface area contributed by atoms with Gasteiger partial charge in [0, 0.05) is 33.4 Å². The number of likely N-dealkylation sites (N-methyl/N-ethyl adjacent to an activating group) is 1. The van der Waals surface area contributed by atoms with Gasteiger partial charge in [0.15, 0.2) is 0 Å². The van der Waals surface area contributed by atoms with E-state index in [2.05, 4.69) is 35.4 Å². The lowest BCUT2D eigenvalue weighted by Crippen LogP contribution is -2.25. The Morgan fingerprint density at radius 1 is 1.47 bits per heavy atom. The van der Waals surface area contributed by atoms with Crippen molar-refractivity contribution in [2.45, 2.75) is 32.2 Å². The fourth-order valence-electron chi connectivity index (χ4n) is 2.13. The second-order valence-corrected chi connectivity index (χ2v) is 4.41. The minimum atomic E-state index is 0.714. The molecule has 0 amide bonds. The highest BCUT2D eigenvalue weighted by molar-refractivity contribution is 5.92. The first-order valence-electron chi connectivity index (χ1n) is 5.72. The molecular formula is C12H23N3. The second-order valence-electron chi connectivity index (χ2n) is 4.41. The molecule has 0 aromatic rings. The first-order valence-corrected chi connectivity index (χ1v) is 5.72. The molecule has 0 aliphatic heterocycles. The zero-order valence-corrected chi connectivity index (χ0v) is 10.3. The van der Waals surface area contributed by atoms with Crippen LogP contribution in [0.15, 0.2) is 17.3 Å². The summed E-state index contributed by atoms with van der Waals surface area (Å²) in [6.07, 6.45) is 8.16.